The van der Waals surface area contributed by atoms with Crippen molar-refractivity contribution in [1.29, 1.82) is 0 Å². The summed E-state index contributed by atoms with van der Waals surface area (Å²) in [6, 6.07) is 0. The molecule has 1 fully saturated rings. The lowest BCUT2D eigenvalue weighted by molar-refractivity contribution is 0.0701. The first-order chi connectivity index (χ1) is 8.99. The molecule has 2 atom stereocenters. The van der Waals surface area contributed by atoms with Gasteiger partial charge in [-0.1, -0.05) is 20.8 Å². The summed E-state index contributed by atoms with van der Waals surface area (Å²) in [5.74, 6) is 0.586. The third-order valence-corrected chi connectivity index (χ3v) is 4.64. The number of thiazole rings is 1. The van der Waals surface area contributed by atoms with E-state index in [-0.39, 0.29) is 0 Å². The number of carbonyl (C=O) groups is 1. The molecule has 2 rings (SSSR count). The van der Waals surface area contributed by atoms with Gasteiger partial charge in [-0.2, -0.15) is 0 Å². The van der Waals surface area contributed by atoms with Crippen LogP contribution in [0.25, 0.3) is 0 Å². The molecule has 106 valence electrons. The number of piperidine rings is 1. The number of carboxylic acids is 1. The van der Waals surface area contributed by atoms with Crippen LogP contribution in [-0.4, -0.2) is 34.0 Å². The highest BCUT2D eigenvalue weighted by Gasteiger charge is 2.23. The minimum Gasteiger partial charge on any atom is -0.477 e. The molecular formula is C14H22N2O2S. The minimum atomic E-state index is -0.846. The van der Waals surface area contributed by atoms with Gasteiger partial charge in [-0.25, -0.2) is 9.78 Å². The Morgan fingerprint density at radius 1 is 1.42 bits per heavy atom. The first kappa shape index (κ1) is 14.5. The quantitative estimate of drug-likeness (QED) is 0.922. The molecule has 1 aromatic rings. The Labute approximate surface area is 118 Å². The molecule has 2 unspecified atom stereocenters. The number of aromatic carboxylic acids is 1. The molecule has 2 heterocycles. The van der Waals surface area contributed by atoms with E-state index in [1.165, 1.54) is 17.8 Å². The van der Waals surface area contributed by atoms with Crippen LogP contribution in [0.2, 0.25) is 0 Å². The molecule has 0 aliphatic carbocycles. The highest BCUT2D eigenvalue weighted by molar-refractivity contribution is 7.13. The fourth-order valence-corrected chi connectivity index (χ4v) is 4.02. The molecule has 4 nitrogen and oxygen atoms in total. The molecule has 1 N–H and O–H groups in total. The highest BCUT2D eigenvalue weighted by atomic mass is 32.1. The maximum atomic E-state index is 11.1. The Morgan fingerprint density at radius 2 is 2.05 bits per heavy atom. The normalized spacial score (nSPS) is 24.6. The second-order valence-electron chi connectivity index (χ2n) is 5.68. The van der Waals surface area contributed by atoms with E-state index in [4.69, 9.17) is 5.11 Å². The fourth-order valence-electron chi connectivity index (χ4n) is 2.99. The lowest BCUT2D eigenvalue weighted by atomic mass is 9.92. The second-order valence-corrected chi connectivity index (χ2v) is 6.77. The Bertz CT molecular complexity index is 448. The standard InChI is InChI=1S/C14H22N2O2S/c1-4-11-13(14(17)18)19-12(15-11)8-16-6-9(2)5-10(3)7-16/h9-10H,4-8H2,1-3H3,(H,17,18). The molecule has 0 amide bonds. The van der Waals surface area contributed by atoms with Gasteiger partial charge < -0.3 is 5.11 Å². The van der Waals surface area contributed by atoms with Crippen molar-refractivity contribution >= 4 is 17.3 Å². The lowest BCUT2D eigenvalue weighted by Gasteiger charge is -2.34. The first-order valence-corrected chi connectivity index (χ1v) is 7.75. The molecule has 1 aliphatic heterocycles. The van der Waals surface area contributed by atoms with Crippen LogP contribution in [0, 0.1) is 11.8 Å². The van der Waals surface area contributed by atoms with Gasteiger partial charge in [-0.3, -0.25) is 4.90 Å². The van der Waals surface area contributed by atoms with Crippen LogP contribution in [0.3, 0.4) is 0 Å². The van der Waals surface area contributed by atoms with Crippen LogP contribution in [0.1, 0.15) is 47.6 Å². The molecule has 0 bridgehead atoms. The van der Waals surface area contributed by atoms with Gasteiger partial charge in [0, 0.05) is 13.1 Å². The Hall–Kier alpha value is -0.940. The van der Waals surface area contributed by atoms with E-state index in [1.54, 1.807) is 0 Å². The Morgan fingerprint density at radius 3 is 2.53 bits per heavy atom. The largest absolute Gasteiger partial charge is 0.477 e. The van der Waals surface area contributed by atoms with E-state index in [0.29, 0.717) is 23.1 Å². The van der Waals surface area contributed by atoms with Gasteiger partial charge in [-0.15, -0.1) is 11.3 Å². The summed E-state index contributed by atoms with van der Waals surface area (Å²) in [4.78, 5) is 18.5. The molecule has 0 aromatic carbocycles. The molecular weight excluding hydrogens is 260 g/mol. The van der Waals surface area contributed by atoms with E-state index < -0.39 is 5.97 Å². The summed E-state index contributed by atoms with van der Waals surface area (Å²) < 4.78 is 0. The van der Waals surface area contributed by atoms with Gasteiger partial charge in [0.15, 0.2) is 0 Å². The van der Waals surface area contributed by atoms with Gasteiger partial charge in [0.05, 0.1) is 12.2 Å². The molecule has 1 aromatic heterocycles. The second kappa shape index (κ2) is 6.01. The zero-order valence-corrected chi connectivity index (χ0v) is 12.7. The van der Waals surface area contributed by atoms with Gasteiger partial charge in [0.25, 0.3) is 0 Å². The zero-order valence-electron chi connectivity index (χ0n) is 11.8. The first-order valence-electron chi connectivity index (χ1n) is 6.93. The van der Waals surface area contributed by atoms with E-state index in [0.717, 1.165) is 30.3 Å². The van der Waals surface area contributed by atoms with Gasteiger partial charge in [0.2, 0.25) is 0 Å². The number of rotatable bonds is 4. The van der Waals surface area contributed by atoms with Crippen LogP contribution in [0.15, 0.2) is 0 Å². The van der Waals surface area contributed by atoms with Crippen molar-refractivity contribution in [3.05, 3.63) is 15.6 Å². The molecule has 0 spiro atoms. The topological polar surface area (TPSA) is 53.4 Å². The Kier molecular flexibility index (Phi) is 4.58. The van der Waals surface area contributed by atoms with E-state index in [9.17, 15) is 4.79 Å². The smallest absolute Gasteiger partial charge is 0.347 e. The predicted molar refractivity (Wildman–Crippen MR) is 76.7 cm³/mol. The summed E-state index contributed by atoms with van der Waals surface area (Å²) in [6.45, 7) is 9.49. The van der Waals surface area contributed by atoms with E-state index >= 15 is 0 Å². The molecule has 1 aliphatic rings. The summed E-state index contributed by atoms with van der Waals surface area (Å²) in [6.07, 6.45) is 1.97. The van der Waals surface area contributed by atoms with Crippen LogP contribution in [-0.2, 0) is 13.0 Å². The number of nitrogens with zero attached hydrogens (tertiary/aromatic N) is 2. The molecule has 19 heavy (non-hydrogen) atoms. The summed E-state index contributed by atoms with van der Waals surface area (Å²) in [5.41, 5.74) is 0.727. The third kappa shape index (κ3) is 3.54. The summed E-state index contributed by atoms with van der Waals surface area (Å²) >= 11 is 1.34. The van der Waals surface area contributed by atoms with E-state index in [1.807, 2.05) is 6.92 Å². The van der Waals surface area contributed by atoms with E-state index in [2.05, 4.69) is 23.7 Å². The van der Waals surface area contributed by atoms with Crippen molar-refractivity contribution < 1.29 is 9.90 Å². The van der Waals surface area contributed by atoms with Gasteiger partial charge in [0.1, 0.15) is 9.88 Å². The Balaban J connectivity index is 2.08. The van der Waals surface area contributed by atoms with Crippen molar-refractivity contribution in [1.82, 2.24) is 9.88 Å². The average molecular weight is 282 g/mol. The molecule has 5 heteroatoms. The van der Waals surface area contributed by atoms with Crippen molar-refractivity contribution in [2.24, 2.45) is 11.8 Å². The van der Waals surface area contributed by atoms with Crippen molar-refractivity contribution in [2.75, 3.05) is 13.1 Å². The lowest BCUT2D eigenvalue weighted by Crippen LogP contribution is -2.38. The monoisotopic (exact) mass is 282 g/mol. The number of hydrogen-bond donors (Lipinski definition) is 1. The number of hydrogen-bond acceptors (Lipinski definition) is 4. The van der Waals surface area contributed by atoms with Crippen molar-refractivity contribution in [2.45, 2.75) is 40.2 Å². The molecule has 0 saturated carbocycles. The van der Waals surface area contributed by atoms with Crippen LogP contribution >= 0.6 is 11.3 Å². The van der Waals surface area contributed by atoms with Gasteiger partial charge >= 0.3 is 5.97 Å². The predicted octanol–water partition coefficient (Wildman–Crippen LogP) is 2.88. The van der Waals surface area contributed by atoms with Crippen LogP contribution in [0.5, 0.6) is 0 Å². The number of aromatic nitrogens is 1. The SMILES string of the molecule is CCc1nc(CN2CC(C)CC(C)C2)sc1C(=O)O. The number of likely N-dealkylation sites (tertiary alicyclic amines) is 1. The maximum Gasteiger partial charge on any atom is 0.347 e. The fraction of sp³-hybridized carbons (Fsp3) is 0.714. The zero-order chi connectivity index (χ0) is 14.0. The average Bonchev–Trinajstić information content (AvgIpc) is 2.70. The molecule has 1 saturated heterocycles. The van der Waals surface area contributed by atoms with Crippen molar-refractivity contribution in [3.63, 3.8) is 0 Å². The third-order valence-electron chi connectivity index (χ3n) is 3.57. The van der Waals surface area contributed by atoms with Gasteiger partial charge in [-0.05, 0) is 24.7 Å². The minimum absolute atomic E-state index is 0.413. The summed E-state index contributed by atoms with van der Waals surface area (Å²) in [7, 11) is 0. The maximum absolute atomic E-state index is 11.1. The number of carboxylic acid groups (broad SMARTS) is 1. The van der Waals surface area contributed by atoms with Crippen molar-refractivity contribution in [3.8, 4) is 0 Å². The number of aryl methyl sites for hydroxylation is 1. The summed E-state index contributed by atoms with van der Waals surface area (Å²) in [5, 5.41) is 10.1. The highest BCUT2D eigenvalue weighted by Crippen LogP contribution is 2.25. The van der Waals surface area contributed by atoms with Crippen LogP contribution in [0.4, 0.5) is 0 Å². The van der Waals surface area contributed by atoms with Crippen LogP contribution < -0.4 is 0 Å². The molecule has 0 radical (unpaired) electrons.